The van der Waals surface area contributed by atoms with Gasteiger partial charge in [0.1, 0.15) is 18.1 Å². The molecule has 0 spiro atoms. The van der Waals surface area contributed by atoms with E-state index in [1.165, 1.54) is 18.2 Å². The molecule has 4 N–H and O–H groups in total. The number of carbonyl (C=O) groups excluding carboxylic acids is 1. The number of carboxylic acids is 1. The Morgan fingerprint density at radius 2 is 1.73 bits per heavy atom. The fourth-order valence-corrected chi connectivity index (χ4v) is 4.57. The lowest BCUT2D eigenvalue weighted by Crippen LogP contribution is -2.39. The molecule has 3 aromatic carbocycles. The number of aliphatic hydroxyl groups is 1. The summed E-state index contributed by atoms with van der Waals surface area (Å²) >= 11 is 0. The number of hydrogen-bond donors (Lipinski definition) is 4. The van der Waals surface area contributed by atoms with Gasteiger partial charge in [-0.3, -0.25) is 9.69 Å². The average Bonchev–Trinajstić information content (AvgIpc) is 2.90. The first kappa shape index (κ1) is 26.2. The first-order chi connectivity index (χ1) is 17.8. The topological polar surface area (TPSA) is 119 Å². The molecule has 1 heterocycles. The van der Waals surface area contributed by atoms with Gasteiger partial charge in [-0.1, -0.05) is 36.4 Å². The Labute approximate surface area is 216 Å². The standard InChI is InChI=1S/C29H32N2O6/c1-19(32)20-11-13-31(14-12-20)15-16-37-23-8-10-27(33)25(18-23)28(34)30-26-17-22(7-9-24(26)29(35)36)21-5-3-2-4-6-21/h2-10,17-20,32-33H,11-16H2,1H3,(H,30,34)(H,35,36). The summed E-state index contributed by atoms with van der Waals surface area (Å²) in [6.45, 7) is 4.76. The third-order valence-corrected chi connectivity index (χ3v) is 6.81. The monoisotopic (exact) mass is 504 g/mol. The zero-order valence-corrected chi connectivity index (χ0v) is 20.8. The highest BCUT2D eigenvalue weighted by molar-refractivity contribution is 6.09. The number of phenolic OH excluding ortho intramolecular Hbond substituents is 1. The van der Waals surface area contributed by atoms with Gasteiger partial charge in [-0.25, -0.2) is 4.79 Å². The van der Waals surface area contributed by atoms with E-state index in [0.717, 1.165) is 37.1 Å². The molecule has 1 fully saturated rings. The second kappa shape index (κ2) is 11.9. The number of carbonyl (C=O) groups is 2. The second-order valence-electron chi connectivity index (χ2n) is 9.33. The van der Waals surface area contributed by atoms with Crippen molar-refractivity contribution in [2.75, 3.05) is 31.6 Å². The normalized spacial score (nSPS) is 15.2. The molecule has 0 saturated carbocycles. The number of piperidine rings is 1. The fraction of sp³-hybridized carbons (Fsp3) is 0.310. The van der Waals surface area contributed by atoms with Crippen molar-refractivity contribution in [3.8, 4) is 22.6 Å². The molecule has 0 radical (unpaired) electrons. The van der Waals surface area contributed by atoms with Crippen LogP contribution in [0.15, 0.2) is 66.7 Å². The lowest BCUT2D eigenvalue weighted by atomic mass is 9.92. The van der Waals surface area contributed by atoms with Crippen LogP contribution in [0.4, 0.5) is 5.69 Å². The molecule has 0 aliphatic carbocycles. The average molecular weight is 505 g/mol. The van der Waals surface area contributed by atoms with Crippen LogP contribution in [-0.4, -0.2) is 64.4 Å². The second-order valence-corrected chi connectivity index (χ2v) is 9.33. The van der Waals surface area contributed by atoms with Crippen molar-refractivity contribution in [1.29, 1.82) is 0 Å². The van der Waals surface area contributed by atoms with Crippen LogP contribution in [0, 0.1) is 5.92 Å². The van der Waals surface area contributed by atoms with Crippen LogP contribution in [0.1, 0.15) is 40.5 Å². The van der Waals surface area contributed by atoms with Gasteiger partial charge in [-0.05, 0) is 80.2 Å². The zero-order valence-electron chi connectivity index (χ0n) is 20.8. The summed E-state index contributed by atoms with van der Waals surface area (Å²) in [4.78, 5) is 27.1. The molecule has 8 nitrogen and oxygen atoms in total. The highest BCUT2D eigenvalue weighted by Crippen LogP contribution is 2.29. The van der Waals surface area contributed by atoms with Crippen molar-refractivity contribution in [2.24, 2.45) is 5.92 Å². The van der Waals surface area contributed by atoms with Crippen LogP contribution in [0.3, 0.4) is 0 Å². The Balaban J connectivity index is 1.43. The van der Waals surface area contributed by atoms with E-state index in [1.807, 2.05) is 37.3 Å². The molecule has 1 saturated heterocycles. The number of nitrogens with one attached hydrogen (secondary N) is 1. The first-order valence-corrected chi connectivity index (χ1v) is 12.4. The number of carboxylic acid groups (broad SMARTS) is 1. The minimum absolute atomic E-state index is 0.0169. The van der Waals surface area contributed by atoms with Gasteiger partial charge in [0.2, 0.25) is 0 Å². The molecule has 4 rings (SSSR count). The van der Waals surface area contributed by atoms with E-state index < -0.39 is 11.9 Å². The number of aliphatic hydroxyl groups excluding tert-OH is 1. The molecule has 1 aliphatic heterocycles. The van der Waals surface area contributed by atoms with E-state index in [1.54, 1.807) is 18.2 Å². The summed E-state index contributed by atoms with van der Waals surface area (Å²) < 4.78 is 5.84. The number of benzene rings is 3. The molecular weight excluding hydrogens is 472 g/mol. The summed E-state index contributed by atoms with van der Waals surface area (Å²) in [7, 11) is 0. The molecule has 1 unspecified atom stereocenters. The number of rotatable bonds is 9. The highest BCUT2D eigenvalue weighted by Gasteiger charge is 2.22. The quantitative estimate of drug-likeness (QED) is 0.339. The third-order valence-electron chi connectivity index (χ3n) is 6.81. The molecule has 1 aliphatic rings. The number of amides is 1. The largest absolute Gasteiger partial charge is 0.507 e. The molecular formula is C29H32N2O6. The Bertz CT molecular complexity index is 1240. The molecule has 0 bridgehead atoms. The molecule has 0 aromatic heterocycles. The zero-order chi connectivity index (χ0) is 26.4. The maximum atomic E-state index is 13.1. The van der Waals surface area contributed by atoms with Gasteiger partial charge < -0.3 is 25.4 Å². The van der Waals surface area contributed by atoms with E-state index in [-0.39, 0.29) is 28.7 Å². The first-order valence-electron chi connectivity index (χ1n) is 12.4. The Morgan fingerprint density at radius 1 is 1.00 bits per heavy atom. The van der Waals surface area contributed by atoms with E-state index in [4.69, 9.17) is 4.74 Å². The minimum atomic E-state index is -1.17. The van der Waals surface area contributed by atoms with Crippen molar-refractivity contribution in [3.63, 3.8) is 0 Å². The molecule has 1 atom stereocenters. The predicted octanol–water partition coefficient (Wildman–Crippen LogP) is 4.48. The van der Waals surface area contributed by atoms with Gasteiger partial charge in [0.05, 0.1) is 22.9 Å². The number of anilines is 1. The maximum Gasteiger partial charge on any atom is 0.337 e. The number of phenols is 1. The number of likely N-dealkylation sites (tertiary alicyclic amines) is 1. The summed E-state index contributed by atoms with van der Waals surface area (Å²) in [5, 5.41) is 32.4. The van der Waals surface area contributed by atoms with Crippen molar-refractivity contribution < 1.29 is 29.6 Å². The lowest BCUT2D eigenvalue weighted by Gasteiger charge is -2.33. The molecule has 3 aromatic rings. The SMILES string of the molecule is CC(O)C1CCN(CCOc2ccc(O)c(C(=O)Nc3cc(-c4ccccc4)ccc3C(=O)O)c2)CC1. The molecule has 194 valence electrons. The van der Waals surface area contributed by atoms with E-state index in [0.29, 0.717) is 24.8 Å². The number of aromatic carboxylic acids is 1. The van der Waals surface area contributed by atoms with Gasteiger partial charge >= 0.3 is 5.97 Å². The number of hydrogen-bond acceptors (Lipinski definition) is 6. The van der Waals surface area contributed by atoms with Gasteiger partial charge in [-0.2, -0.15) is 0 Å². The van der Waals surface area contributed by atoms with Crippen LogP contribution < -0.4 is 10.1 Å². The Kier molecular flexibility index (Phi) is 8.43. The minimum Gasteiger partial charge on any atom is -0.507 e. The van der Waals surface area contributed by atoms with Gasteiger partial charge in [0, 0.05) is 6.54 Å². The fourth-order valence-electron chi connectivity index (χ4n) is 4.57. The molecule has 1 amide bonds. The van der Waals surface area contributed by atoms with Gasteiger partial charge in [0.15, 0.2) is 0 Å². The van der Waals surface area contributed by atoms with Crippen molar-refractivity contribution in [3.05, 3.63) is 77.9 Å². The Hall–Kier alpha value is -3.88. The van der Waals surface area contributed by atoms with Crippen LogP contribution in [0.5, 0.6) is 11.5 Å². The summed E-state index contributed by atoms with van der Waals surface area (Å²) in [5.74, 6) is -1.28. The number of aromatic hydroxyl groups is 1. The molecule has 37 heavy (non-hydrogen) atoms. The van der Waals surface area contributed by atoms with E-state index >= 15 is 0 Å². The lowest BCUT2D eigenvalue weighted by molar-refractivity contribution is 0.0671. The predicted molar refractivity (Wildman–Crippen MR) is 141 cm³/mol. The number of nitrogens with zero attached hydrogens (tertiary/aromatic N) is 1. The van der Waals surface area contributed by atoms with E-state index in [2.05, 4.69) is 10.2 Å². The van der Waals surface area contributed by atoms with Gasteiger partial charge in [-0.15, -0.1) is 0 Å². The van der Waals surface area contributed by atoms with Crippen LogP contribution >= 0.6 is 0 Å². The van der Waals surface area contributed by atoms with Crippen LogP contribution in [-0.2, 0) is 0 Å². The third kappa shape index (κ3) is 6.67. The summed E-state index contributed by atoms with van der Waals surface area (Å²) in [6.07, 6.45) is 1.61. The van der Waals surface area contributed by atoms with Crippen molar-refractivity contribution >= 4 is 17.6 Å². The van der Waals surface area contributed by atoms with Crippen LogP contribution in [0.25, 0.3) is 11.1 Å². The highest BCUT2D eigenvalue weighted by atomic mass is 16.5. The van der Waals surface area contributed by atoms with E-state index in [9.17, 15) is 24.9 Å². The Morgan fingerprint density at radius 3 is 2.41 bits per heavy atom. The van der Waals surface area contributed by atoms with Crippen molar-refractivity contribution in [1.82, 2.24) is 4.90 Å². The van der Waals surface area contributed by atoms with Gasteiger partial charge in [0.25, 0.3) is 5.91 Å². The van der Waals surface area contributed by atoms with Crippen LogP contribution in [0.2, 0.25) is 0 Å². The molecule has 8 heteroatoms. The smallest absolute Gasteiger partial charge is 0.337 e. The van der Waals surface area contributed by atoms with Crippen molar-refractivity contribution in [2.45, 2.75) is 25.9 Å². The number of ether oxygens (including phenoxy) is 1. The summed E-state index contributed by atoms with van der Waals surface area (Å²) in [5.41, 5.74) is 1.68. The maximum absolute atomic E-state index is 13.1. The summed E-state index contributed by atoms with van der Waals surface area (Å²) in [6, 6.07) is 18.6.